The van der Waals surface area contributed by atoms with Gasteiger partial charge in [0.05, 0.1) is 23.9 Å². The molecule has 1 saturated heterocycles. The number of hydrogen-bond donors (Lipinski definition) is 1. The number of halogens is 2. The van der Waals surface area contributed by atoms with E-state index in [2.05, 4.69) is 53.7 Å². The number of nitrogens with zero attached hydrogens (tertiary/aromatic N) is 4. The quantitative estimate of drug-likeness (QED) is 0.300. The fourth-order valence-electron chi connectivity index (χ4n) is 5.55. The maximum atomic E-state index is 13.8. The van der Waals surface area contributed by atoms with Crippen molar-refractivity contribution in [2.45, 2.75) is 12.5 Å². The van der Waals surface area contributed by atoms with Gasteiger partial charge < -0.3 is 9.88 Å². The van der Waals surface area contributed by atoms with Gasteiger partial charge in [-0.3, -0.25) is 14.5 Å². The van der Waals surface area contributed by atoms with Crippen molar-refractivity contribution in [3.05, 3.63) is 103 Å². The molecule has 2 aliphatic heterocycles. The molecule has 2 aliphatic rings. The van der Waals surface area contributed by atoms with E-state index in [1.807, 2.05) is 72.8 Å². The van der Waals surface area contributed by atoms with Crippen LogP contribution in [-0.2, 0) is 4.79 Å². The highest BCUT2D eigenvalue weighted by Crippen LogP contribution is 2.37. The van der Waals surface area contributed by atoms with Crippen LogP contribution in [0.2, 0.25) is 0 Å². The molecule has 40 heavy (non-hydrogen) atoms. The van der Waals surface area contributed by atoms with Crippen molar-refractivity contribution in [3.8, 4) is 11.1 Å². The van der Waals surface area contributed by atoms with Crippen LogP contribution >= 0.6 is 31.9 Å². The summed E-state index contributed by atoms with van der Waals surface area (Å²) in [5.41, 5.74) is 4.39. The van der Waals surface area contributed by atoms with Crippen LogP contribution in [0.1, 0.15) is 23.6 Å². The number of fused-ring (bicyclic) bond motifs is 1. The molecule has 3 aromatic carbocycles. The normalized spacial score (nSPS) is 18.3. The van der Waals surface area contributed by atoms with Gasteiger partial charge in [0.1, 0.15) is 0 Å². The molecule has 0 unspecified atom stereocenters. The minimum atomic E-state index is -0.302. The number of hydrogen-bond acceptors (Lipinski definition) is 5. The molecule has 1 atom stereocenters. The highest BCUT2D eigenvalue weighted by atomic mass is 79.9. The number of rotatable bonds is 5. The van der Waals surface area contributed by atoms with Crippen LogP contribution in [0.3, 0.4) is 0 Å². The van der Waals surface area contributed by atoms with Crippen LogP contribution < -0.4 is 5.56 Å². The Morgan fingerprint density at radius 3 is 2.35 bits per heavy atom. The van der Waals surface area contributed by atoms with Gasteiger partial charge in [-0.2, -0.15) is 5.10 Å². The van der Waals surface area contributed by atoms with Gasteiger partial charge in [-0.15, -0.1) is 0 Å². The molecule has 1 amide bonds. The van der Waals surface area contributed by atoms with Crippen LogP contribution in [-0.4, -0.2) is 71.2 Å². The summed E-state index contributed by atoms with van der Waals surface area (Å²) in [6, 6.07) is 23.5. The van der Waals surface area contributed by atoms with Gasteiger partial charge in [-0.1, -0.05) is 74.3 Å². The monoisotopic (exact) mass is 661 g/mol. The summed E-state index contributed by atoms with van der Waals surface area (Å²) < 4.78 is 1.88. The topological polar surface area (TPSA) is 72.0 Å². The van der Waals surface area contributed by atoms with Crippen LogP contribution in [0.15, 0.2) is 91.6 Å². The summed E-state index contributed by atoms with van der Waals surface area (Å²) in [7, 11) is 2.10. The van der Waals surface area contributed by atoms with Crippen molar-refractivity contribution in [2.24, 2.45) is 5.10 Å². The van der Waals surface area contributed by atoms with Gasteiger partial charge in [-0.25, -0.2) is 5.01 Å². The second-order valence-electron chi connectivity index (χ2n) is 10.4. The van der Waals surface area contributed by atoms with Crippen molar-refractivity contribution in [3.63, 3.8) is 0 Å². The summed E-state index contributed by atoms with van der Waals surface area (Å²) in [5, 5.41) is 7.44. The van der Waals surface area contributed by atoms with Crippen molar-refractivity contribution in [2.75, 3.05) is 39.8 Å². The van der Waals surface area contributed by atoms with Crippen molar-refractivity contribution in [1.29, 1.82) is 0 Å². The Morgan fingerprint density at radius 1 is 0.925 bits per heavy atom. The SMILES string of the molecule is CN1CCN(CC(=O)N2N=C(c3c(-c4ccccc4)c4cc(Br)ccc4[nH]c3=O)C[C@@H]2c2ccc(Br)cc2)CC1. The van der Waals surface area contributed by atoms with Crippen molar-refractivity contribution < 1.29 is 4.79 Å². The second-order valence-corrected chi connectivity index (χ2v) is 12.2. The molecule has 6 rings (SSSR count). The average Bonchev–Trinajstić information content (AvgIpc) is 3.40. The fourth-order valence-corrected chi connectivity index (χ4v) is 6.18. The number of piperazine rings is 1. The summed E-state index contributed by atoms with van der Waals surface area (Å²) in [6.07, 6.45) is 0.443. The summed E-state index contributed by atoms with van der Waals surface area (Å²) in [6.45, 7) is 3.84. The summed E-state index contributed by atoms with van der Waals surface area (Å²) >= 11 is 7.13. The summed E-state index contributed by atoms with van der Waals surface area (Å²) in [4.78, 5) is 35.0. The molecule has 4 aromatic rings. The van der Waals surface area contributed by atoms with Crippen LogP contribution in [0.25, 0.3) is 22.0 Å². The number of hydrazone groups is 1. The van der Waals surface area contributed by atoms with Gasteiger partial charge in [-0.05, 0) is 48.5 Å². The Labute approximate surface area is 249 Å². The molecule has 3 heterocycles. The van der Waals surface area contributed by atoms with Gasteiger partial charge in [0.2, 0.25) is 0 Å². The molecule has 7 nitrogen and oxygen atoms in total. The first-order chi connectivity index (χ1) is 19.4. The Balaban J connectivity index is 1.47. The average molecular weight is 663 g/mol. The summed E-state index contributed by atoms with van der Waals surface area (Å²) in [5.74, 6) is -0.0614. The number of pyridine rings is 1. The van der Waals surface area contributed by atoms with Crippen molar-refractivity contribution in [1.82, 2.24) is 19.8 Å². The van der Waals surface area contributed by atoms with E-state index in [-0.39, 0.29) is 17.5 Å². The maximum absolute atomic E-state index is 13.8. The number of carbonyl (C=O) groups is 1. The van der Waals surface area contributed by atoms with Gasteiger partial charge in [0.25, 0.3) is 11.5 Å². The predicted molar refractivity (Wildman–Crippen MR) is 167 cm³/mol. The first-order valence-electron chi connectivity index (χ1n) is 13.3. The van der Waals surface area contributed by atoms with Gasteiger partial charge in [0, 0.05) is 58.0 Å². The van der Waals surface area contributed by atoms with Crippen LogP contribution in [0.4, 0.5) is 0 Å². The third kappa shape index (κ3) is 5.43. The molecule has 0 spiro atoms. The maximum Gasteiger partial charge on any atom is 0.258 e. The zero-order valence-electron chi connectivity index (χ0n) is 22.1. The molecular formula is C31H29Br2N5O2. The second kappa shape index (κ2) is 11.4. The van der Waals surface area contributed by atoms with E-state index in [4.69, 9.17) is 5.10 Å². The highest BCUT2D eigenvalue weighted by molar-refractivity contribution is 9.10. The zero-order chi connectivity index (χ0) is 27.8. The van der Waals surface area contributed by atoms with E-state index in [0.29, 0.717) is 24.2 Å². The van der Waals surface area contributed by atoms with Crippen LogP contribution in [0, 0.1) is 0 Å². The smallest absolute Gasteiger partial charge is 0.258 e. The van der Waals surface area contributed by atoms with Crippen LogP contribution in [0.5, 0.6) is 0 Å². The number of amides is 1. The molecule has 0 aliphatic carbocycles. The fraction of sp³-hybridized carbons (Fsp3) is 0.258. The molecule has 1 aromatic heterocycles. The number of likely N-dealkylation sites (N-methyl/N-ethyl adjacent to an activating group) is 1. The predicted octanol–water partition coefficient (Wildman–Crippen LogP) is 5.65. The van der Waals surface area contributed by atoms with E-state index in [1.54, 1.807) is 5.01 Å². The number of carbonyl (C=O) groups excluding carboxylic acids is 1. The lowest BCUT2D eigenvalue weighted by atomic mass is 9.91. The molecular weight excluding hydrogens is 634 g/mol. The molecule has 1 N–H and O–H groups in total. The van der Waals surface area contributed by atoms with E-state index in [9.17, 15) is 9.59 Å². The third-order valence-corrected chi connectivity index (χ3v) is 8.72. The third-order valence-electron chi connectivity index (χ3n) is 7.70. The molecule has 0 bridgehead atoms. The van der Waals surface area contributed by atoms with E-state index in [1.165, 1.54) is 0 Å². The van der Waals surface area contributed by atoms with Crippen molar-refractivity contribution >= 4 is 54.4 Å². The number of H-pyrrole nitrogens is 1. The Bertz CT molecular complexity index is 1640. The standard InChI is InChI=1S/C31H29Br2N5O2/c1-36-13-15-37(16-14-36)19-28(39)38-27(20-7-9-22(32)10-8-20)18-26(35-38)30-29(21-5-3-2-4-6-21)24-17-23(33)11-12-25(24)34-31(30)40/h2-12,17,27H,13-16,18-19H2,1H3,(H,34,40)/t27-/m1/s1. The first kappa shape index (κ1) is 27.1. The number of benzene rings is 3. The van der Waals surface area contributed by atoms with Gasteiger partial charge in [0.15, 0.2) is 0 Å². The molecule has 0 radical (unpaired) electrons. The number of aromatic amines is 1. The zero-order valence-corrected chi connectivity index (χ0v) is 25.3. The first-order valence-corrected chi connectivity index (χ1v) is 14.9. The lowest BCUT2D eigenvalue weighted by Gasteiger charge is -2.33. The molecule has 1 fully saturated rings. The number of aromatic nitrogens is 1. The minimum absolute atomic E-state index is 0.0614. The Kier molecular flexibility index (Phi) is 7.72. The van der Waals surface area contributed by atoms with E-state index in [0.717, 1.165) is 62.7 Å². The Morgan fingerprint density at radius 2 is 1.62 bits per heavy atom. The number of nitrogens with one attached hydrogen (secondary N) is 1. The molecule has 0 saturated carbocycles. The molecule has 204 valence electrons. The largest absolute Gasteiger partial charge is 0.321 e. The lowest BCUT2D eigenvalue weighted by Crippen LogP contribution is -2.48. The lowest BCUT2D eigenvalue weighted by molar-refractivity contribution is -0.134. The van der Waals surface area contributed by atoms with Gasteiger partial charge >= 0.3 is 0 Å². The Hall–Kier alpha value is -3.11. The molecule has 9 heteroatoms. The van der Waals surface area contributed by atoms with E-state index >= 15 is 0 Å². The van der Waals surface area contributed by atoms with E-state index < -0.39 is 0 Å². The highest BCUT2D eigenvalue weighted by Gasteiger charge is 2.36. The minimum Gasteiger partial charge on any atom is -0.321 e.